The first kappa shape index (κ1) is 39.5. The predicted molar refractivity (Wildman–Crippen MR) is 277 cm³/mol. The molecule has 4 aromatic heterocycles. The molecule has 0 saturated heterocycles. The molecule has 0 spiro atoms. The van der Waals surface area contributed by atoms with E-state index in [9.17, 15) is 22.4 Å². The average Bonchev–Trinajstić information content (AvgIpc) is 4.13. The Kier molecular flexibility index (Phi) is 8.36. The van der Waals surface area contributed by atoms with Crippen LogP contribution < -0.4 is 0 Å². The van der Waals surface area contributed by atoms with Crippen LogP contribution in [-0.4, -0.2) is 18.3 Å². The van der Waals surface area contributed by atoms with Crippen molar-refractivity contribution in [1.82, 2.24) is 18.3 Å². The second-order valence-corrected chi connectivity index (χ2v) is 17.0. The van der Waals surface area contributed by atoms with E-state index in [0.29, 0.717) is 38.9 Å². The molecule has 9 aromatic carbocycles. The van der Waals surface area contributed by atoms with Gasteiger partial charge in [0.05, 0.1) is 97.8 Å². The molecule has 70 heavy (non-hydrogen) atoms. The number of hydrogen-bond acceptors (Lipinski definition) is 3. The molecule has 13 rings (SSSR count). The summed E-state index contributed by atoms with van der Waals surface area (Å²) in [5.74, 6) is 0. The van der Waals surface area contributed by atoms with Gasteiger partial charge in [-0.2, -0.15) is 15.8 Å². The van der Waals surface area contributed by atoms with Crippen molar-refractivity contribution in [3.63, 3.8) is 0 Å². The minimum absolute atomic E-state index is 0.0718. The van der Waals surface area contributed by atoms with Crippen molar-refractivity contribution < 1.29 is 0 Å². The molecule has 13 aromatic rings. The fourth-order valence-corrected chi connectivity index (χ4v) is 10.9. The Morgan fingerprint density at radius 3 is 1.06 bits per heavy atom. The maximum Gasteiger partial charge on any atom is 0.237 e. The number of nitrogens with zero attached hydrogens (tertiary/aromatic N) is 10. The van der Waals surface area contributed by atoms with Gasteiger partial charge in [0.25, 0.3) is 0 Å². The number of nitriles is 3. The largest absolute Gasteiger partial charge is 0.319 e. The van der Waals surface area contributed by atoms with E-state index in [-0.39, 0.29) is 39.4 Å². The molecule has 0 aliphatic rings. The molecule has 0 amide bonds. The van der Waals surface area contributed by atoms with Crippen molar-refractivity contribution in [2.45, 2.75) is 0 Å². The van der Waals surface area contributed by atoms with Crippen molar-refractivity contribution in [3.05, 3.63) is 221 Å². The van der Waals surface area contributed by atoms with E-state index in [4.69, 9.17) is 13.1 Å². The highest BCUT2D eigenvalue weighted by Crippen LogP contribution is 2.52. The number of aromatic nitrogens is 4. The molecular formula is C60H28N10. The fourth-order valence-electron chi connectivity index (χ4n) is 10.9. The zero-order chi connectivity index (χ0) is 47.4. The quantitative estimate of drug-likeness (QED) is 0.164. The smallest absolute Gasteiger partial charge is 0.237 e. The van der Waals surface area contributed by atoms with Gasteiger partial charge in [-0.25, -0.2) is 4.85 Å². The summed E-state index contributed by atoms with van der Waals surface area (Å²) in [5, 5.41) is 40.0. The lowest BCUT2D eigenvalue weighted by Crippen LogP contribution is -2.14. The molecule has 0 unspecified atom stereocenters. The summed E-state index contributed by atoms with van der Waals surface area (Å²) < 4.78 is 8.27. The first-order valence-electron chi connectivity index (χ1n) is 22.2. The van der Waals surface area contributed by atoms with Crippen molar-refractivity contribution >= 4 is 104 Å². The van der Waals surface area contributed by atoms with Gasteiger partial charge in [-0.3, -0.25) is 9.69 Å². The van der Waals surface area contributed by atoms with E-state index < -0.39 is 0 Å². The maximum atomic E-state index is 12.3. The molecule has 0 fully saturated rings. The first-order valence-corrected chi connectivity index (χ1v) is 22.2. The van der Waals surface area contributed by atoms with Gasteiger partial charge in [-0.15, -0.1) is 0 Å². The van der Waals surface area contributed by atoms with E-state index >= 15 is 0 Å². The van der Waals surface area contributed by atoms with Crippen LogP contribution in [-0.2, 0) is 0 Å². The monoisotopic (exact) mass is 888 g/mol. The molecule has 0 aliphatic carbocycles. The predicted octanol–water partition coefficient (Wildman–Crippen LogP) is 15.3. The van der Waals surface area contributed by atoms with Crippen LogP contribution in [0.15, 0.2) is 170 Å². The lowest BCUT2D eigenvalue weighted by molar-refractivity contribution is 1.03. The van der Waals surface area contributed by atoms with E-state index in [1.165, 1.54) is 0 Å². The molecule has 4 heterocycles. The maximum absolute atomic E-state index is 12.3. The third-order valence-corrected chi connectivity index (χ3v) is 13.7. The van der Waals surface area contributed by atoms with Gasteiger partial charge in [-0.05, 0) is 60.0 Å². The Labute approximate surface area is 398 Å². The van der Waals surface area contributed by atoms with Gasteiger partial charge in [0, 0.05) is 43.2 Å². The zero-order valence-corrected chi connectivity index (χ0v) is 36.6. The molecule has 318 valence electrons. The van der Waals surface area contributed by atoms with Gasteiger partial charge in [0.2, 0.25) is 5.69 Å². The van der Waals surface area contributed by atoms with Crippen molar-refractivity contribution in [2.75, 3.05) is 0 Å². The van der Waals surface area contributed by atoms with Crippen LogP contribution >= 0.6 is 0 Å². The van der Waals surface area contributed by atoms with Crippen LogP contribution in [0.4, 0.5) is 17.1 Å². The van der Waals surface area contributed by atoms with E-state index in [0.717, 1.165) is 65.4 Å². The van der Waals surface area contributed by atoms with Crippen LogP contribution in [0.3, 0.4) is 0 Å². The SMILES string of the molecule is [C-]#[N+]c1cc2c3cc(C#N)c(C#N)cc3n(-c3c(C#N)c(-n4c5ccccc5c5ccccc54)c(-n4c5ccccc5c5ccccc54)c(-n4c5ccccc5c5ccccc54)c3[N+]#[C-])c2cc1[N+]#[C-]. The molecule has 10 nitrogen and oxygen atoms in total. The molecule has 0 atom stereocenters. The van der Waals surface area contributed by atoms with Gasteiger partial charge in [0.1, 0.15) is 18.2 Å². The van der Waals surface area contributed by atoms with Gasteiger partial charge >= 0.3 is 0 Å². The summed E-state index contributed by atoms with van der Waals surface area (Å²) in [6.07, 6.45) is 0. The molecular weight excluding hydrogens is 861 g/mol. The minimum atomic E-state index is 0.0718. The lowest BCUT2D eigenvalue weighted by atomic mass is 10.0. The number of rotatable bonds is 4. The Hall–Kier alpha value is -10.9. The average molecular weight is 889 g/mol. The summed E-state index contributed by atoms with van der Waals surface area (Å²) in [5.41, 5.74) is 8.21. The van der Waals surface area contributed by atoms with Crippen molar-refractivity contribution in [2.24, 2.45) is 0 Å². The summed E-state index contributed by atoms with van der Waals surface area (Å²) in [6.45, 7) is 25.9. The molecule has 0 radical (unpaired) electrons. The van der Waals surface area contributed by atoms with Crippen LogP contribution in [0.1, 0.15) is 16.7 Å². The highest BCUT2D eigenvalue weighted by Gasteiger charge is 2.35. The highest BCUT2D eigenvalue weighted by atomic mass is 15.1. The fraction of sp³-hybridized carbons (Fsp3) is 0. The Morgan fingerprint density at radius 1 is 0.314 bits per heavy atom. The standard InChI is InChI=1S/C60H28N10/c1-64-46-30-44-43-28-35(32-61)36(33-62)29-54(43)70(55(44)31-47(46)65-2)57-45(34-63)58(67-48-22-10-4-16-37(48)38-17-5-11-23-49(38)67)60(69-52-26-14-8-20-41(52)42-21-9-15-27-53(42)69)59(56(57)66-3)68-50-24-12-6-18-39(50)40-19-7-13-25-51(40)68/h4-31H. The molecule has 10 heteroatoms. The zero-order valence-electron chi connectivity index (χ0n) is 36.6. The second-order valence-electron chi connectivity index (χ2n) is 17.0. The Balaban J connectivity index is 1.40. The molecule has 0 N–H and O–H groups in total. The summed E-state index contributed by atoms with van der Waals surface area (Å²) in [6, 6.07) is 62.3. The van der Waals surface area contributed by atoms with Crippen molar-refractivity contribution in [1.29, 1.82) is 15.8 Å². The minimum Gasteiger partial charge on any atom is -0.319 e. The first-order chi connectivity index (χ1) is 34.5. The number of para-hydroxylation sites is 6. The summed E-state index contributed by atoms with van der Waals surface area (Å²) in [4.78, 5) is 12.1. The highest BCUT2D eigenvalue weighted by molar-refractivity contribution is 6.18. The third kappa shape index (κ3) is 5.14. The van der Waals surface area contributed by atoms with Crippen LogP contribution in [0, 0.1) is 53.7 Å². The van der Waals surface area contributed by atoms with E-state index in [2.05, 4.69) is 95.0 Å². The van der Waals surface area contributed by atoms with Gasteiger partial charge in [0.15, 0.2) is 11.4 Å². The Bertz CT molecular complexity index is 4390. The molecule has 0 aliphatic heterocycles. The van der Waals surface area contributed by atoms with Gasteiger partial charge < -0.3 is 18.3 Å². The van der Waals surface area contributed by atoms with E-state index in [1.807, 2.05) is 97.1 Å². The molecule has 0 saturated carbocycles. The van der Waals surface area contributed by atoms with E-state index in [1.54, 1.807) is 28.8 Å². The number of benzene rings is 9. The molecule has 0 bridgehead atoms. The summed E-state index contributed by atoms with van der Waals surface area (Å²) >= 11 is 0. The third-order valence-electron chi connectivity index (χ3n) is 13.7. The Morgan fingerprint density at radius 2 is 0.657 bits per heavy atom. The van der Waals surface area contributed by atoms with Crippen LogP contribution in [0.25, 0.3) is 125 Å². The van der Waals surface area contributed by atoms with Gasteiger partial charge in [-0.1, -0.05) is 115 Å². The normalized spacial score (nSPS) is 11.3. The van der Waals surface area contributed by atoms with Crippen LogP contribution in [0.5, 0.6) is 0 Å². The summed E-state index contributed by atoms with van der Waals surface area (Å²) in [7, 11) is 0. The second kappa shape index (κ2) is 14.8. The van der Waals surface area contributed by atoms with Crippen molar-refractivity contribution in [3.8, 4) is 41.0 Å². The lowest BCUT2D eigenvalue weighted by Gasteiger charge is -2.27. The number of fused-ring (bicyclic) bond motifs is 12. The number of hydrogen-bond donors (Lipinski definition) is 0. The van der Waals surface area contributed by atoms with Crippen LogP contribution in [0.2, 0.25) is 0 Å². The topological polar surface area (TPSA) is 104 Å².